The highest BCUT2D eigenvalue weighted by molar-refractivity contribution is 5.99. The third-order valence-corrected chi connectivity index (χ3v) is 3.27. The molecular formula is C15H21N3O3. The summed E-state index contributed by atoms with van der Waals surface area (Å²) in [6.07, 6.45) is 0. The molecule has 0 aromatic heterocycles. The summed E-state index contributed by atoms with van der Waals surface area (Å²) in [6.45, 7) is 5.32. The Kier molecular flexibility index (Phi) is 5.60. The molecular weight excluding hydrogens is 270 g/mol. The number of primary amides is 2. The maximum Gasteiger partial charge on any atom is 0.231 e. The Morgan fingerprint density at radius 1 is 0.857 bits per heavy atom. The number of hydrogen-bond acceptors (Lipinski definition) is 4. The predicted molar refractivity (Wildman–Crippen MR) is 79.8 cm³/mol. The largest absolute Gasteiger partial charge is 0.369 e. The van der Waals surface area contributed by atoms with Crippen LogP contribution >= 0.6 is 0 Å². The first-order valence-electron chi connectivity index (χ1n) is 6.60. The van der Waals surface area contributed by atoms with E-state index in [-0.39, 0.29) is 25.4 Å². The Labute approximate surface area is 124 Å². The number of amides is 2. The van der Waals surface area contributed by atoms with E-state index < -0.39 is 11.8 Å². The molecule has 0 aliphatic rings. The quantitative estimate of drug-likeness (QED) is 0.693. The van der Waals surface area contributed by atoms with E-state index in [1.165, 1.54) is 4.90 Å². The van der Waals surface area contributed by atoms with E-state index in [0.717, 1.165) is 16.7 Å². The van der Waals surface area contributed by atoms with Gasteiger partial charge in [-0.3, -0.25) is 19.3 Å². The van der Waals surface area contributed by atoms with Crippen LogP contribution < -0.4 is 11.5 Å². The Bertz CT molecular complexity index is 566. The van der Waals surface area contributed by atoms with Gasteiger partial charge in [-0.05, 0) is 43.5 Å². The highest BCUT2D eigenvalue weighted by Crippen LogP contribution is 2.16. The Balaban J connectivity index is 2.93. The zero-order valence-electron chi connectivity index (χ0n) is 12.6. The van der Waals surface area contributed by atoms with Gasteiger partial charge in [-0.2, -0.15) is 0 Å². The van der Waals surface area contributed by atoms with E-state index in [1.807, 2.05) is 32.9 Å². The number of nitrogens with zero attached hydrogens (tertiary/aromatic N) is 1. The Morgan fingerprint density at radius 2 is 1.33 bits per heavy atom. The van der Waals surface area contributed by atoms with E-state index in [4.69, 9.17) is 11.5 Å². The minimum atomic E-state index is -0.610. The molecule has 0 radical (unpaired) electrons. The molecule has 0 bridgehead atoms. The minimum Gasteiger partial charge on any atom is -0.369 e. The van der Waals surface area contributed by atoms with Gasteiger partial charge in [-0.15, -0.1) is 0 Å². The van der Waals surface area contributed by atoms with Gasteiger partial charge in [0.25, 0.3) is 0 Å². The second-order valence-electron chi connectivity index (χ2n) is 5.25. The van der Waals surface area contributed by atoms with E-state index in [9.17, 15) is 14.4 Å². The maximum atomic E-state index is 12.4. The van der Waals surface area contributed by atoms with Crippen LogP contribution in [-0.4, -0.2) is 42.1 Å². The van der Waals surface area contributed by atoms with Gasteiger partial charge in [0.2, 0.25) is 11.8 Å². The molecule has 0 spiro atoms. The molecule has 0 saturated carbocycles. The third-order valence-electron chi connectivity index (χ3n) is 3.27. The first-order valence-corrected chi connectivity index (χ1v) is 6.60. The zero-order valence-corrected chi connectivity index (χ0v) is 12.6. The van der Waals surface area contributed by atoms with Crippen molar-refractivity contribution in [2.24, 2.45) is 11.5 Å². The van der Waals surface area contributed by atoms with Crippen molar-refractivity contribution < 1.29 is 14.4 Å². The van der Waals surface area contributed by atoms with Crippen LogP contribution in [-0.2, 0) is 9.59 Å². The lowest BCUT2D eigenvalue weighted by Gasteiger charge is -2.19. The molecule has 0 unspecified atom stereocenters. The minimum absolute atomic E-state index is 0.0742. The van der Waals surface area contributed by atoms with Gasteiger partial charge in [0.15, 0.2) is 5.78 Å². The van der Waals surface area contributed by atoms with Gasteiger partial charge in [0.05, 0.1) is 19.6 Å². The molecule has 1 rings (SSSR count). The Morgan fingerprint density at radius 3 is 1.81 bits per heavy atom. The molecule has 0 heterocycles. The highest BCUT2D eigenvalue weighted by Gasteiger charge is 2.18. The molecule has 0 atom stereocenters. The van der Waals surface area contributed by atoms with Gasteiger partial charge >= 0.3 is 0 Å². The van der Waals surface area contributed by atoms with Crippen molar-refractivity contribution in [1.82, 2.24) is 4.90 Å². The molecule has 0 aliphatic carbocycles. The van der Waals surface area contributed by atoms with Crippen LogP contribution in [0.25, 0.3) is 0 Å². The van der Waals surface area contributed by atoms with Crippen molar-refractivity contribution in [3.63, 3.8) is 0 Å². The number of carbonyl (C=O) groups excluding carboxylic acids is 3. The highest BCUT2D eigenvalue weighted by atomic mass is 16.2. The summed E-state index contributed by atoms with van der Waals surface area (Å²) < 4.78 is 0. The van der Waals surface area contributed by atoms with Crippen LogP contribution in [0, 0.1) is 20.8 Å². The lowest BCUT2D eigenvalue weighted by molar-refractivity contribution is -0.121. The number of carbonyl (C=O) groups is 3. The molecule has 6 heteroatoms. The van der Waals surface area contributed by atoms with E-state index in [1.54, 1.807) is 0 Å². The maximum absolute atomic E-state index is 12.4. The van der Waals surface area contributed by atoms with Gasteiger partial charge in [0.1, 0.15) is 0 Å². The van der Waals surface area contributed by atoms with Crippen LogP contribution in [0.5, 0.6) is 0 Å². The fourth-order valence-corrected chi connectivity index (χ4v) is 2.16. The van der Waals surface area contributed by atoms with Crippen molar-refractivity contribution in [3.8, 4) is 0 Å². The molecule has 21 heavy (non-hydrogen) atoms. The van der Waals surface area contributed by atoms with E-state index in [0.29, 0.717) is 5.56 Å². The monoisotopic (exact) mass is 291 g/mol. The molecule has 2 amide bonds. The second-order valence-corrected chi connectivity index (χ2v) is 5.25. The molecule has 4 N–H and O–H groups in total. The normalized spacial score (nSPS) is 10.7. The van der Waals surface area contributed by atoms with Crippen molar-refractivity contribution >= 4 is 17.6 Å². The van der Waals surface area contributed by atoms with E-state index >= 15 is 0 Å². The Hall–Kier alpha value is -2.21. The van der Waals surface area contributed by atoms with Crippen LogP contribution in [0.3, 0.4) is 0 Å². The SMILES string of the molecule is Cc1cc(C)c(C(=O)CN(CC(N)=O)CC(N)=O)cc1C. The molecule has 6 nitrogen and oxygen atoms in total. The summed E-state index contributed by atoms with van der Waals surface area (Å²) in [5, 5.41) is 0. The lowest BCUT2D eigenvalue weighted by atomic mass is 9.98. The smallest absolute Gasteiger partial charge is 0.231 e. The van der Waals surface area contributed by atoms with Crippen LogP contribution in [0.15, 0.2) is 12.1 Å². The van der Waals surface area contributed by atoms with Crippen molar-refractivity contribution in [1.29, 1.82) is 0 Å². The van der Waals surface area contributed by atoms with Gasteiger partial charge in [0, 0.05) is 5.56 Å². The van der Waals surface area contributed by atoms with Gasteiger partial charge in [-0.1, -0.05) is 6.07 Å². The van der Waals surface area contributed by atoms with Gasteiger partial charge < -0.3 is 11.5 Å². The average Bonchev–Trinajstić information content (AvgIpc) is 2.31. The summed E-state index contributed by atoms with van der Waals surface area (Å²) in [5.41, 5.74) is 13.8. The number of ketones is 1. The zero-order chi connectivity index (χ0) is 16.2. The van der Waals surface area contributed by atoms with Crippen LogP contribution in [0.4, 0.5) is 0 Å². The summed E-state index contributed by atoms with van der Waals surface area (Å²) in [7, 11) is 0. The fourth-order valence-electron chi connectivity index (χ4n) is 2.16. The number of Topliss-reactive ketones (excluding diaryl/α,β-unsaturated/α-hetero) is 1. The number of hydrogen-bond donors (Lipinski definition) is 2. The number of rotatable bonds is 7. The summed E-state index contributed by atoms with van der Waals surface area (Å²) in [5.74, 6) is -1.39. The standard InChI is InChI=1S/C15H21N3O3/c1-9-4-11(3)12(5-10(9)2)13(19)6-18(7-14(16)20)8-15(17)21/h4-5H,6-8H2,1-3H3,(H2,16,20)(H2,17,21). The number of aryl methyl sites for hydroxylation is 3. The molecule has 0 fully saturated rings. The number of benzene rings is 1. The second kappa shape index (κ2) is 6.99. The first kappa shape index (κ1) is 16.8. The topological polar surface area (TPSA) is 106 Å². The van der Waals surface area contributed by atoms with Crippen molar-refractivity contribution in [2.75, 3.05) is 19.6 Å². The van der Waals surface area contributed by atoms with Crippen molar-refractivity contribution in [2.45, 2.75) is 20.8 Å². The average molecular weight is 291 g/mol. The molecule has 0 aliphatic heterocycles. The van der Waals surface area contributed by atoms with E-state index in [2.05, 4.69) is 0 Å². The fraction of sp³-hybridized carbons (Fsp3) is 0.400. The summed E-state index contributed by atoms with van der Waals surface area (Å²) in [4.78, 5) is 35.7. The molecule has 114 valence electrons. The van der Waals surface area contributed by atoms with Crippen molar-refractivity contribution in [3.05, 3.63) is 34.4 Å². The lowest BCUT2D eigenvalue weighted by Crippen LogP contribution is -2.42. The summed E-state index contributed by atoms with van der Waals surface area (Å²) >= 11 is 0. The molecule has 0 saturated heterocycles. The summed E-state index contributed by atoms with van der Waals surface area (Å²) in [6, 6.07) is 3.76. The number of nitrogens with two attached hydrogens (primary N) is 2. The molecule has 1 aromatic carbocycles. The van der Waals surface area contributed by atoms with Crippen LogP contribution in [0.2, 0.25) is 0 Å². The van der Waals surface area contributed by atoms with Crippen LogP contribution in [0.1, 0.15) is 27.0 Å². The first-order chi connectivity index (χ1) is 9.70. The predicted octanol–water partition coefficient (Wildman–Crippen LogP) is 0.0672. The van der Waals surface area contributed by atoms with Gasteiger partial charge in [-0.25, -0.2) is 0 Å². The third kappa shape index (κ3) is 5.00. The molecule has 1 aromatic rings.